The van der Waals surface area contributed by atoms with Crippen LogP contribution in [0.25, 0.3) is 0 Å². The van der Waals surface area contributed by atoms with Crippen molar-refractivity contribution in [3.05, 3.63) is 59.7 Å². The van der Waals surface area contributed by atoms with Crippen LogP contribution in [0.5, 0.6) is 5.75 Å². The number of nitrogens with zero attached hydrogens (tertiary/aromatic N) is 3. The molecule has 6 heteroatoms. The van der Waals surface area contributed by atoms with Crippen LogP contribution in [0.15, 0.2) is 48.5 Å². The Morgan fingerprint density at radius 1 is 0.806 bits per heavy atom. The second-order valence-electron chi connectivity index (χ2n) is 10.1. The molecule has 194 valence electrons. The minimum atomic E-state index is 0.0118. The van der Waals surface area contributed by atoms with Crippen molar-refractivity contribution in [3.8, 4) is 5.75 Å². The monoisotopic (exact) mass is 491 g/mol. The van der Waals surface area contributed by atoms with Crippen molar-refractivity contribution >= 4 is 17.5 Å². The molecule has 2 heterocycles. The zero-order valence-corrected chi connectivity index (χ0v) is 21.8. The van der Waals surface area contributed by atoms with Crippen LogP contribution in [0.4, 0.5) is 5.69 Å². The molecule has 0 aliphatic carbocycles. The summed E-state index contributed by atoms with van der Waals surface area (Å²) in [6.07, 6.45) is 9.16. The third-order valence-corrected chi connectivity index (χ3v) is 7.33. The maximum absolute atomic E-state index is 13.7. The molecule has 0 atom stereocenters. The first-order chi connectivity index (χ1) is 17.6. The molecule has 1 saturated heterocycles. The van der Waals surface area contributed by atoms with Gasteiger partial charge in [0, 0.05) is 44.4 Å². The molecular weight excluding hydrogens is 450 g/mol. The Morgan fingerprint density at radius 2 is 1.50 bits per heavy atom. The van der Waals surface area contributed by atoms with E-state index in [4.69, 9.17) is 4.74 Å². The Kier molecular flexibility index (Phi) is 9.79. The number of piperidine rings is 1. The number of ether oxygens (including phenoxy) is 1. The van der Waals surface area contributed by atoms with Gasteiger partial charge in [-0.2, -0.15) is 0 Å². The largest absolute Gasteiger partial charge is 0.492 e. The van der Waals surface area contributed by atoms with E-state index in [9.17, 15) is 9.59 Å². The number of rotatable bonds is 5. The summed E-state index contributed by atoms with van der Waals surface area (Å²) in [6.45, 7) is 7.40. The summed E-state index contributed by atoms with van der Waals surface area (Å²) in [5, 5.41) is 0. The van der Waals surface area contributed by atoms with Crippen LogP contribution in [0.3, 0.4) is 0 Å². The van der Waals surface area contributed by atoms with Crippen molar-refractivity contribution in [1.29, 1.82) is 0 Å². The van der Waals surface area contributed by atoms with E-state index in [0.717, 1.165) is 75.3 Å². The molecule has 0 bridgehead atoms. The van der Waals surface area contributed by atoms with Crippen LogP contribution in [0, 0.1) is 0 Å². The molecule has 0 radical (unpaired) electrons. The van der Waals surface area contributed by atoms with E-state index in [-0.39, 0.29) is 11.8 Å². The zero-order valence-electron chi connectivity index (χ0n) is 21.8. The van der Waals surface area contributed by atoms with Crippen molar-refractivity contribution in [2.75, 3.05) is 44.2 Å². The van der Waals surface area contributed by atoms with Gasteiger partial charge >= 0.3 is 0 Å². The fourth-order valence-corrected chi connectivity index (χ4v) is 5.29. The van der Waals surface area contributed by atoms with Gasteiger partial charge in [0.15, 0.2) is 0 Å². The highest BCUT2D eigenvalue weighted by atomic mass is 16.5. The number of carbonyl (C=O) groups excluding carboxylic acids is 2. The molecule has 4 rings (SSSR count). The standard InChI is InChI=1S/C30H41N3O3/c1-25(34)33-20-11-4-2-3-10-19-32(24-27-13-6-7-16-29(27)33)30(35)26-14-12-15-28(23-26)36-22-21-31-17-8-5-9-18-31/h6-7,12-16,23H,2-5,8-11,17-22,24H2,1H3. The van der Waals surface area contributed by atoms with Crippen LogP contribution >= 0.6 is 0 Å². The molecule has 6 nitrogen and oxygen atoms in total. The predicted molar refractivity (Wildman–Crippen MR) is 145 cm³/mol. The summed E-state index contributed by atoms with van der Waals surface area (Å²) in [5.41, 5.74) is 2.58. The average Bonchev–Trinajstić information content (AvgIpc) is 2.89. The van der Waals surface area contributed by atoms with Crippen molar-refractivity contribution in [3.63, 3.8) is 0 Å². The molecule has 0 N–H and O–H groups in total. The smallest absolute Gasteiger partial charge is 0.254 e. The van der Waals surface area contributed by atoms with E-state index in [1.807, 2.05) is 58.3 Å². The lowest BCUT2D eigenvalue weighted by atomic mass is 10.1. The third-order valence-electron chi connectivity index (χ3n) is 7.33. The molecule has 2 amide bonds. The summed E-state index contributed by atoms with van der Waals surface area (Å²) in [5.74, 6) is 0.805. The molecule has 0 saturated carbocycles. The van der Waals surface area contributed by atoms with Crippen LogP contribution in [0.1, 0.15) is 74.2 Å². The van der Waals surface area contributed by atoms with Gasteiger partial charge in [-0.3, -0.25) is 14.5 Å². The SMILES string of the molecule is CC(=O)N1CCCCCCCN(C(=O)c2cccc(OCCN3CCCCC3)c2)Cc2ccccc21. The molecule has 36 heavy (non-hydrogen) atoms. The summed E-state index contributed by atoms with van der Waals surface area (Å²) in [4.78, 5) is 32.4. The van der Waals surface area contributed by atoms with Crippen LogP contribution in [-0.2, 0) is 11.3 Å². The summed E-state index contributed by atoms with van der Waals surface area (Å²) < 4.78 is 6.04. The number of hydrogen-bond acceptors (Lipinski definition) is 4. The summed E-state index contributed by atoms with van der Waals surface area (Å²) >= 11 is 0. The first kappa shape index (κ1) is 26.2. The van der Waals surface area contributed by atoms with Crippen molar-refractivity contribution in [2.24, 2.45) is 0 Å². The average molecular weight is 492 g/mol. The predicted octanol–water partition coefficient (Wildman–Crippen LogP) is 5.51. The Hall–Kier alpha value is -2.86. The van der Waals surface area contributed by atoms with Gasteiger partial charge < -0.3 is 14.5 Å². The second kappa shape index (κ2) is 13.4. The molecule has 0 aromatic heterocycles. The number of anilines is 1. The Labute approximate surface area is 216 Å². The highest BCUT2D eigenvalue weighted by Gasteiger charge is 2.21. The van der Waals surface area contributed by atoms with Crippen molar-refractivity contribution < 1.29 is 14.3 Å². The number of amides is 2. The van der Waals surface area contributed by atoms with Gasteiger partial charge in [-0.05, 0) is 68.6 Å². The molecule has 2 aliphatic heterocycles. The number of para-hydroxylation sites is 1. The van der Waals surface area contributed by atoms with Crippen LogP contribution in [-0.4, -0.2) is 60.9 Å². The molecule has 2 aromatic rings. The van der Waals surface area contributed by atoms with E-state index in [2.05, 4.69) is 4.90 Å². The Bertz CT molecular complexity index is 1000. The van der Waals surface area contributed by atoms with E-state index in [1.54, 1.807) is 6.92 Å². The van der Waals surface area contributed by atoms with Gasteiger partial charge in [0.25, 0.3) is 5.91 Å². The van der Waals surface area contributed by atoms with Crippen molar-refractivity contribution in [1.82, 2.24) is 9.80 Å². The molecule has 0 spiro atoms. The highest BCUT2D eigenvalue weighted by Crippen LogP contribution is 2.25. The van der Waals surface area contributed by atoms with E-state index in [0.29, 0.717) is 25.3 Å². The molecular formula is C30H41N3O3. The molecule has 1 fully saturated rings. The normalized spacial score (nSPS) is 18.0. The quantitative estimate of drug-likeness (QED) is 0.553. The van der Waals surface area contributed by atoms with Gasteiger partial charge in [-0.25, -0.2) is 0 Å². The van der Waals surface area contributed by atoms with E-state index in [1.165, 1.54) is 19.3 Å². The molecule has 2 aliphatic rings. The maximum atomic E-state index is 13.7. The number of likely N-dealkylation sites (tertiary alicyclic amines) is 1. The lowest BCUT2D eigenvalue weighted by Gasteiger charge is -2.29. The topological polar surface area (TPSA) is 53.1 Å². The van der Waals surface area contributed by atoms with Crippen molar-refractivity contribution in [2.45, 2.75) is 64.8 Å². The minimum absolute atomic E-state index is 0.0118. The second-order valence-corrected chi connectivity index (χ2v) is 10.1. The highest BCUT2D eigenvalue weighted by molar-refractivity contribution is 5.95. The van der Waals surface area contributed by atoms with Gasteiger partial charge in [0.05, 0.1) is 0 Å². The van der Waals surface area contributed by atoms with E-state index >= 15 is 0 Å². The number of hydrogen-bond donors (Lipinski definition) is 0. The molecule has 2 aromatic carbocycles. The number of fused-ring (bicyclic) bond motifs is 1. The number of benzene rings is 2. The Morgan fingerprint density at radius 3 is 2.31 bits per heavy atom. The van der Waals surface area contributed by atoms with Gasteiger partial charge in [0.2, 0.25) is 5.91 Å². The first-order valence-electron chi connectivity index (χ1n) is 13.7. The lowest BCUT2D eigenvalue weighted by molar-refractivity contribution is -0.116. The minimum Gasteiger partial charge on any atom is -0.492 e. The zero-order chi connectivity index (χ0) is 25.2. The van der Waals surface area contributed by atoms with Crippen LogP contribution in [0.2, 0.25) is 0 Å². The fourth-order valence-electron chi connectivity index (χ4n) is 5.29. The Balaban J connectivity index is 1.48. The van der Waals surface area contributed by atoms with Gasteiger partial charge in [-0.15, -0.1) is 0 Å². The number of carbonyl (C=O) groups is 2. The fraction of sp³-hybridized carbons (Fsp3) is 0.533. The van der Waals surface area contributed by atoms with Gasteiger partial charge in [0.1, 0.15) is 12.4 Å². The first-order valence-corrected chi connectivity index (χ1v) is 13.7. The molecule has 0 unspecified atom stereocenters. The van der Waals surface area contributed by atoms with Gasteiger partial charge in [-0.1, -0.05) is 49.9 Å². The third kappa shape index (κ3) is 7.33. The summed E-state index contributed by atoms with van der Waals surface area (Å²) in [7, 11) is 0. The van der Waals surface area contributed by atoms with Crippen LogP contribution < -0.4 is 9.64 Å². The van der Waals surface area contributed by atoms with E-state index < -0.39 is 0 Å². The maximum Gasteiger partial charge on any atom is 0.254 e. The lowest BCUT2D eigenvalue weighted by Crippen LogP contribution is -2.35. The summed E-state index contributed by atoms with van der Waals surface area (Å²) in [6, 6.07) is 15.6.